The van der Waals surface area contributed by atoms with Gasteiger partial charge in [0.05, 0.1) is 5.75 Å². The zero-order chi connectivity index (χ0) is 20.4. The molecule has 148 valence electrons. The topological polar surface area (TPSA) is 80.1 Å². The molecule has 0 radical (unpaired) electrons. The van der Waals surface area contributed by atoms with Gasteiger partial charge in [-0.3, -0.25) is 14.3 Å². The van der Waals surface area contributed by atoms with E-state index in [-0.39, 0.29) is 17.7 Å². The minimum atomic E-state index is -0.349. The second-order valence-electron chi connectivity index (χ2n) is 6.55. The molecule has 1 aliphatic heterocycles. The third-order valence-electron chi connectivity index (χ3n) is 4.48. The highest BCUT2D eigenvalue weighted by Crippen LogP contribution is 2.29. The molecule has 9 heteroatoms. The summed E-state index contributed by atoms with van der Waals surface area (Å²) in [6.07, 6.45) is 0. The molecule has 2 aromatic carbocycles. The predicted octanol–water partition coefficient (Wildman–Crippen LogP) is 3.54. The monoisotopic (exact) mass is 427 g/mol. The third-order valence-corrected chi connectivity index (χ3v) is 5.64. The number of carbonyl (C=O) groups is 2. The molecule has 7 nitrogen and oxygen atoms in total. The Hall–Kier alpha value is -2.84. The standard InChI is InChI=1S/C20H18ClN5O2S/c1-13-3-2-4-16(11-13)26-18(14-5-7-15(21)8-6-14)23-24-20(26)29-12-17(27)25-10-9-22-19(25)28/h2-8,11H,9-10,12H2,1H3,(H,22,28). The lowest BCUT2D eigenvalue weighted by atomic mass is 10.2. The Morgan fingerprint density at radius 1 is 1.21 bits per heavy atom. The van der Waals surface area contributed by atoms with Crippen molar-refractivity contribution in [3.8, 4) is 17.1 Å². The molecule has 4 rings (SSSR count). The van der Waals surface area contributed by atoms with Gasteiger partial charge in [-0.05, 0) is 48.9 Å². The molecule has 0 spiro atoms. The number of imide groups is 1. The first-order valence-corrected chi connectivity index (χ1v) is 10.4. The Morgan fingerprint density at radius 2 is 2.00 bits per heavy atom. The Kier molecular flexibility index (Phi) is 5.55. The highest BCUT2D eigenvalue weighted by atomic mass is 35.5. The molecule has 1 aromatic heterocycles. The number of thioether (sulfide) groups is 1. The zero-order valence-electron chi connectivity index (χ0n) is 15.6. The van der Waals surface area contributed by atoms with Gasteiger partial charge in [0.25, 0.3) is 0 Å². The molecule has 1 saturated heterocycles. The second-order valence-corrected chi connectivity index (χ2v) is 7.93. The van der Waals surface area contributed by atoms with Gasteiger partial charge in [0, 0.05) is 29.4 Å². The summed E-state index contributed by atoms with van der Waals surface area (Å²) >= 11 is 7.27. The summed E-state index contributed by atoms with van der Waals surface area (Å²) in [5, 5.41) is 12.5. The van der Waals surface area contributed by atoms with Gasteiger partial charge in [-0.1, -0.05) is 35.5 Å². The Balaban J connectivity index is 1.67. The first-order chi connectivity index (χ1) is 14.0. The van der Waals surface area contributed by atoms with Crippen molar-refractivity contribution in [1.82, 2.24) is 25.0 Å². The van der Waals surface area contributed by atoms with E-state index >= 15 is 0 Å². The van der Waals surface area contributed by atoms with Gasteiger partial charge in [-0.25, -0.2) is 4.79 Å². The average Bonchev–Trinajstić information content (AvgIpc) is 3.33. The molecule has 0 aliphatic carbocycles. The quantitative estimate of drug-likeness (QED) is 0.630. The van der Waals surface area contributed by atoms with Gasteiger partial charge in [0.1, 0.15) is 0 Å². The van der Waals surface area contributed by atoms with Gasteiger partial charge in [-0.15, -0.1) is 10.2 Å². The molecule has 0 bridgehead atoms. The number of benzene rings is 2. The summed E-state index contributed by atoms with van der Waals surface area (Å²) in [5.41, 5.74) is 2.85. The lowest BCUT2D eigenvalue weighted by Crippen LogP contribution is -2.35. The largest absolute Gasteiger partial charge is 0.336 e. The van der Waals surface area contributed by atoms with Crippen LogP contribution < -0.4 is 5.32 Å². The smallest absolute Gasteiger partial charge is 0.324 e. The van der Waals surface area contributed by atoms with Crippen molar-refractivity contribution in [2.24, 2.45) is 0 Å². The maximum absolute atomic E-state index is 12.4. The first kappa shape index (κ1) is 19.5. The van der Waals surface area contributed by atoms with Crippen LogP contribution in [0.5, 0.6) is 0 Å². The van der Waals surface area contributed by atoms with Crippen molar-refractivity contribution in [1.29, 1.82) is 0 Å². The Morgan fingerprint density at radius 3 is 2.69 bits per heavy atom. The maximum Gasteiger partial charge on any atom is 0.324 e. The normalized spacial score (nSPS) is 13.6. The maximum atomic E-state index is 12.4. The van der Waals surface area contributed by atoms with Crippen LogP contribution in [0.3, 0.4) is 0 Å². The molecule has 1 fully saturated rings. The van der Waals surface area contributed by atoms with Crippen molar-refractivity contribution < 1.29 is 9.59 Å². The lowest BCUT2D eigenvalue weighted by Gasteiger charge is -2.13. The number of halogens is 1. The minimum Gasteiger partial charge on any atom is -0.336 e. The van der Waals surface area contributed by atoms with E-state index in [1.165, 1.54) is 16.7 Å². The highest BCUT2D eigenvalue weighted by Gasteiger charge is 2.27. The lowest BCUT2D eigenvalue weighted by molar-refractivity contribution is -0.124. The van der Waals surface area contributed by atoms with Crippen LogP contribution in [0, 0.1) is 6.92 Å². The van der Waals surface area contributed by atoms with Crippen LogP contribution in [0.2, 0.25) is 5.02 Å². The van der Waals surface area contributed by atoms with Crippen molar-refractivity contribution in [2.75, 3.05) is 18.8 Å². The van der Waals surface area contributed by atoms with E-state index < -0.39 is 0 Å². The van der Waals surface area contributed by atoms with Gasteiger partial charge in [0.2, 0.25) is 5.91 Å². The molecule has 3 amide bonds. The summed E-state index contributed by atoms with van der Waals surface area (Å²) in [4.78, 5) is 25.4. The van der Waals surface area contributed by atoms with Crippen molar-refractivity contribution in [2.45, 2.75) is 12.1 Å². The van der Waals surface area contributed by atoms with Gasteiger partial charge in [-0.2, -0.15) is 0 Å². The number of aromatic nitrogens is 3. The number of carbonyl (C=O) groups excluding carboxylic acids is 2. The van der Waals surface area contributed by atoms with E-state index in [4.69, 9.17) is 11.6 Å². The van der Waals surface area contributed by atoms with Crippen LogP contribution in [-0.4, -0.2) is 50.4 Å². The number of nitrogens with one attached hydrogen (secondary N) is 1. The van der Waals surface area contributed by atoms with Crippen LogP contribution in [0.25, 0.3) is 17.1 Å². The van der Waals surface area contributed by atoms with Gasteiger partial charge in [0.15, 0.2) is 11.0 Å². The highest BCUT2D eigenvalue weighted by molar-refractivity contribution is 7.99. The number of amides is 3. The van der Waals surface area contributed by atoms with Crippen LogP contribution in [0.15, 0.2) is 53.7 Å². The van der Waals surface area contributed by atoms with Crippen molar-refractivity contribution >= 4 is 35.3 Å². The van der Waals surface area contributed by atoms with Gasteiger partial charge < -0.3 is 5.32 Å². The molecule has 1 N–H and O–H groups in total. The number of hydrogen-bond acceptors (Lipinski definition) is 5. The Labute approximate surface area is 177 Å². The number of aryl methyl sites for hydroxylation is 1. The van der Waals surface area contributed by atoms with Gasteiger partial charge >= 0.3 is 6.03 Å². The molecule has 0 unspecified atom stereocenters. The fourth-order valence-electron chi connectivity index (χ4n) is 3.06. The molecule has 29 heavy (non-hydrogen) atoms. The zero-order valence-corrected chi connectivity index (χ0v) is 17.2. The van der Waals surface area contributed by atoms with Crippen LogP contribution in [0.1, 0.15) is 5.56 Å². The van der Waals surface area contributed by atoms with E-state index in [2.05, 4.69) is 15.5 Å². The fourth-order valence-corrected chi connectivity index (χ4v) is 4.02. The molecule has 2 heterocycles. The molecule has 3 aromatic rings. The summed E-state index contributed by atoms with van der Waals surface area (Å²) in [7, 11) is 0. The summed E-state index contributed by atoms with van der Waals surface area (Å²) < 4.78 is 1.91. The number of urea groups is 1. The molecular formula is C20H18ClN5O2S. The van der Waals surface area contributed by atoms with Crippen LogP contribution >= 0.6 is 23.4 Å². The van der Waals surface area contributed by atoms with Crippen LogP contribution in [0.4, 0.5) is 4.79 Å². The molecule has 0 saturated carbocycles. The average molecular weight is 428 g/mol. The fraction of sp³-hybridized carbons (Fsp3) is 0.200. The molecular weight excluding hydrogens is 410 g/mol. The molecule has 1 aliphatic rings. The van der Waals surface area contributed by atoms with E-state index in [0.717, 1.165) is 16.8 Å². The number of rotatable bonds is 5. The number of hydrogen-bond donors (Lipinski definition) is 1. The molecule has 0 atom stereocenters. The van der Waals surface area contributed by atoms with E-state index in [9.17, 15) is 9.59 Å². The Bertz CT molecular complexity index is 1070. The van der Waals surface area contributed by atoms with E-state index in [0.29, 0.717) is 29.1 Å². The van der Waals surface area contributed by atoms with E-state index in [1.807, 2.05) is 47.9 Å². The van der Waals surface area contributed by atoms with Crippen molar-refractivity contribution in [3.05, 3.63) is 59.1 Å². The summed E-state index contributed by atoms with van der Waals surface area (Å²) in [6, 6.07) is 15.0. The van der Waals surface area contributed by atoms with E-state index in [1.54, 1.807) is 12.1 Å². The van der Waals surface area contributed by atoms with Crippen LogP contribution in [-0.2, 0) is 4.79 Å². The third kappa shape index (κ3) is 4.13. The minimum absolute atomic E-state index is 0.0952. The summed E-state index contributed by atoms with van der Waals surface area (Å²) in [5.74, 6) is 0.496. The SMILES string of the molecule is Cc1cccc(-n2c(SCC(=O)N3CCNC3=O)nnc2-c2ccc(Cl)cc2)c1. The summed E-state index contributed by atoms with van der Waals surface area (Å²) in [6.45, 7) is 2.88. The first-order valence-electron chi connectivity index (χ1n) is 9.02. The number of nitrogens with zero attached hydrogens (tertiary/aromatic N) is 4. The predicted molar refractivity (Wildman–Crippen MR) is 112 cm³/mol. The second kappa shape index (κ2) is 8.26. The van der Waals surface area contributed by atoms with Crippen molar-refractivity contribution in [3.63, 3.8) is 0 Å².